The first-order chi connectivity index (χ1) is 12.8. The van der Waals surface area contributed by atoms with Gasteiger partial charge in [-0.15, -0.1) is 11.3 Å². The highest BCUT2D eigenvalue weighted by Gasteiger charge is 2.19. The van der Waals surface area contributed by atoms with E-state index in [0.717, 1.165) is 29.1 Å². The van der Waals surface area contributed by atoms with E-state index in [1.807, 2.05) is 59.1 Å². The molecule has 0 aliphatic heterocycles. The van der Waals surface area contributed by atoms with Crippen molar-refractivity contribution >= 4 is 28.3 Å². The minimum atomic E-state index is -0.228. The molecule has 2 amide bonds. The molecule has 0 atom stereocenters. The fourth-order valence-corrected chi connectivity index (χ4v) is 3.40. The minimum Gasteiger partial charge on any atom is -0.329 e. The zero-order chi connectivity index (χ0) is 20.0. The summed E-state index contributed by atoms with van der Waals surface area (Å²) in [6, 6.07) is 7.43. The van der Waals surface area contributed by atoms with Gasteiger partial charge in [0.15, 0.2) is 5.13 Å². The summed E-state index contributed by atoms with van der Waals surface area (Å²) < 4.78 is 0. The van der Waals surface area contributed by atoms with Crippen molar-refractivity contribution in [2.24, 2.45) is 0 Å². The molecule has 1 aromatic heterocycles. The molecule has 0 saturated heterocycles. The Morgan fingerprint density at radius 2 is 1.74 bits per heavy atom. The number of hydrogen-bond donors (Lipinski definition) is 1. The Labute approximate surface area is 165 Å². The van der Waals surface area contributed by atoms with Crippen LogP contribution in [0.4, 0.5) is 5.13 Å². The van der Waals surface area contributed by atoms with Crippen molar-refractivity contribution in [2.75, 3.05) is 39.0 Å². The summed E-state index contributed by atoms with van der Waals surface area (Å²) in [5.74, 6) is -0.357. The van der Waals surface area contributed by atoms with Crippen LogP contribution < -0.4 is 5.32 Å². The average Bonchev–Trinajstić information content (AvgIpc) is 2.91. The second kappa shape index (κ2) is 9.62. The summed E-state index contributed by atoms with van der Waals surface area (Å²) >= 11 is 1.44. The van der Waals surface area contributed by atoms with Gasteiger partial charge in [0.2, 0.25) is 5.91 Å². The van der Waals surface area contributed by atoms with E-state index in [4.69, 9.17) is 0 Å². The Hall–Kier alpha value is -2.25. The molecule has 0 spiro atoms. The number of carbonyl (C=O) groups excluding carboxylic acids is 2. The molecular weight excluding hydrogens is 360 g/mol. The van der Waals surface area contributed by atoms with Crippen LogP contribution in [0.15, 0.2) is 24.3 Å². The number of benzene rings is 1. The highest BCUT2D eigenvalue weighted by Crippen LogP contribution is 2.21. The molecule has 1 heterocycles. The molecule has 0 unspecified atom stereocenters. The number of aromatic nitrogens is 1. The molecule has 1 aromatic carbocycles. The number of amides is 2. The van der Waals surface area contributed by atoms with E-state index in [1.54, 1.807) is 4.90 Å². The van der Waals surface area contributed by atoms with E-state index in [2.05, 4.69) is 15.2 Å². The molecule has 0 aliphatic rings. The van der Waals surface area contributed by atoms with Crippen LogP contribution in [0.3, 0.4) is 0 Å². The number of nitrogens with one attached hydrogen (secondary N) is 1. The molecule has 1 N–H and O–H groups in total. The average molecular weight is 389 g/mol. The molecule has 0 fully saturated rings. The minimum absolute atomic E-state index is 0.0117. The van der Waals surface area contributed by atoms with Gasteiger partial charge in [-0.25, -0.2) is 4.98 Å². The third kappa shape index (κ3) is 6.45. The quantitative estimate of drug-likeness (QED) is 0.755. The first-order valence-electron chi connectivity index (χ1n) is 9.01. The Morgan fingerprint density at radius 3 is 2.30 bits per heavy atom. The van der Waals surface area contributed by atoms with Gasteiger partial charge in [0.1, 0.15) is 6.54 Å². The number of carbonyl (C=O) groups is 2. The van der Waals surface area contributed by atoms with Gasteiger partial charge >= 0.3 is 0 Å². The Bertz CT molecular complexity index is 764. The fraction of sp³-hybridized carbons (Fsp3) is 0.450. The van der Waals surface area contributed by atoms with Crippen LogP contribution in [0.25, 0.3) is 0 Å². The molecule has 146 valence electrons. The van der Waals surface area contributed by atoms with Crippen LogP contribution in [0.1, 0.15) is 32.9 Å². The Kier molecular flexibility index (Phi) is 7.50. The molecule has 2 aromatic rings. The van der Waals surface area contributed by atoms with Crippen molar-refractivity contribution in [3.63, 3.8) is 0 Å². The maximum atomic E-state index is 12.9. The van der Waals surface area contributed by atoms with Gasteiger partial charge in [-0.2, -0.15) is 0 Å². The number of hydrogen-bond acceptors (Lipinski definition) is 5. The van der Waals surface area contributed by atoms with Crippen LogP contribution in [0, 0.1) is 20.8 Å². The lowest BCUT2D eigenvalue weighted by atomic mass is 10.1. The van der Waals surface area contributed by atoms with E-state index < -0.39 is 0 Å². The SMILES string of the molecule is Cc1ccc(C(=O)N(CCCN(C)C)CC(=O)Nc2nc(C)c(C)s2)cc1. The molecule has 2 rings (SSSR count). The first-order valence-corrected chi connectivity index (χ1v) is 9.82. The van der Waals surface area contributed by atoms with Gasteiger partial charge < -0.3 is 15.1 Å². The summed E-state index contributed by atoms with van der Waals surface area (Å²) in [5, 5.41) is 3.39. The molecule has 6 nitrogen and oxygen atoms in total. The molecule has 0 bridgehead atoms. The van der Waals surface area contributed by atoms with Gasteiger partial charge in [0.05, 0.1) is 5.69 Å². The lowest BCUT2D eigenvalue weighted by molar-refractivity contribution is -0.116. The summed E-state index contributed by atoms with van der Waals surface area (Å²) in [4.78, 5) is 34.5. The van der Waals surface area contributed by atoms with Crippen LogP contribution >= 0.6 is 11.3 Å². The molecule has 0 radical (unpaired) electrons. The predicted octanol–water partition coefficient (Wildman–Crippen LogP) is 3.10. The van der Waals surface area contributed by atoms with E-state index in [-0.39, 0.29) is 18.4 Å². The van der Waals surface area contributed by atoms with Crippen molar-refractivity contribution in [2.45, 2.75) is 27.2 Å². The summed E-state index contributed by atoms with van der Waals surface area (Å²) in [5.41, 5.74) is 2.60. The number of nitrogens with zero attached hydrogens (tertiary/aromatic N) is 3. The Balaban J connectivity index is 2.07. The number of anilines is 1. The highest BCUT2D eigenvalue weighted by atomic mass is 32.1. The van der Waals surface area contributed by atoms with E-state index in [1.165, 1.54) is 11.3 Å². The molecular formula is C20H28N4O2S. The maximum absolute atomic E-state index is 12.9. The van der Waals surface area contributed by atoms with Gasteiger partial charge in [-0.3, -0.25) is 9.59 Å². The van der Waals surface area contributed by atoms with E-state index in [9.17, 15) is 9.59 Å². The summed E-state index contributed by atoms with van der Waals surface area (Å²) in [6.07, 6.45) is 0.799. The van der Waals surface area contributed by atoms with Gasteiger partial charge in [-0.1, -0.05) is 17.7 Å². The zero-order valence-electron chi connectivity index (χ0n) is 16.7. The maximum Gasteiger partial charge on any atom is 0.254 e. The van der Waals surface area contributed by atoms with Crippen molar-refractivity contribution < 1.29 is 9.59 Å². The van der Waals surface area contributed by atoms with Gasteiger partial charge in [0, 0.05) is 17.0 Å². The molecule has 0 aliphatic carbocycles. The fourth-order valence-electron chi connectivity index (χ4n) is 2.57. The van der Waals surface area contributed by atoms with Crippen LogP contribution in [-0.2, 0) is 4.79 Å². The van der Waals surface area contributed by atoms with E-state index >= 15 is 0 Å². The van der Waals surface area contributed by atoms with Crippen LogP contribution in [0.2, 0.25) is 0 Å². The van der Waals surface area contributed by atoms with Crippen molar-refractivity contribution in [3.8, 4) is 0 Å². The topological polar surface area (TPSA) is 65.5 Å². The summed E-state index contributed by atoms with van der Waals surface area (Å²) in [6.45, 7) is 7.25. The van der Waals surface area contributed by atoms with Crippen molar-refractivity contribution in [1.82, 2.24) is 14.8 Å². The van der Waals surface area contributed by atoms with Gasteiger partial charge in [0.25, 0.3) is 5.91 Å². The summed E-state index contributed by atoms with van der Waals surface area (Å²) in [7, 11) is 3.98. The third-order valence-electron chi connectivity index (χ3n) is 4.23. The number of thiazole rings is 1. The predicted molar refractivity (Wildman–Crippen MR) is 110 cm³/mol. The van der Waals surface area contributed by atoms with Gasteiger partial charge in [-0.05, 0) is 60.0 Å². The van der Waals surface area contributed by atoms with E-state index in [0.29, 0.717) is 17.2 Å². The second-order valence-corrected chi connectivity index (χ2v) is 8.16. The smallest absolute Gasteiger partial charge is 0.254 e. The second-order valence-electron chi connectivity index (χ2n) is 6.96. The molecule has 27 heavy (non-hydrogen) atoms. The van der Waals surface area contributed by atoms with Crippen LogP contribution in [0.5, 0.6) is 0 Å². The standard InChI is InChI=1S/C20H28N4O2S/c1-14-7-9-17(10-8-14)19(26)24(12-6-11-23(4)5)13-18(25)22-20-21-15(2)16(3)27-20/h7-10H,6,11-13H2,1-5H3,(H,21,22,25). The highest BCUT2D eigenvalue weighted by molar-refractivity contribution is 7.15. The Morgan fingerprint density at radius 1 is 1.07 bits per heavy atom. The number of aryl methyl sites for hydroxylation is 3. The molecule has 0 saturated carbocycles. The molecule has 7 heteroatoms. The van der Waals surface area contributed by atoms with Crippen molar-refractivity contribution in [1.29, 1.82) is 0 Å². The van der Waals surface area contributed by atoms with Crippen LogP contribution in [-0.4, -0.2) is 60.3 Å². The normalized spacial score (nSPS) is 10.9. The number of rotatable bonds is 8. The first kappa shape index (κ1) is 21.1. The lowest BCUT2D eigenvalue weighted by Gasteiger charge is -2.23. The monoisotopic (exact) mass is 388 g/mol. The lowest BCUT2D eigenvalue weighted by Crippen LogP contribution is -2.39. The zero-order valence-corrected chi connectivity index (χ0v) is 17.5. The van der Waals surface area contributed by atoms with Crippen molar-refractivity contribution in [3.05, 3.63) is 46.0 Å². The third-order valence-corrected chi connectivity index (χ3v) is 5.22. The largest absolute Gasteiger partial charge is 0.329 e.